The number of benzene rings is 2. The highest BCUT2D eigenvalue weighted by atomic mass is 32.1. The molecule has 0 radical (unpaired) electrons. The Morgan fingerprint density at radius 2 is 1.68 bits per heavy atom. The van der Waals surface area contributed by atoms with Gasteiger partial charge in [-0.1, -0.05) is 41.9 Å². The van der Waals surface area contributed by atoms with Crippen molar-refractivity contribution in [2.75, 3.05) is 36.5 Å². The molecule has 2 heterocycles. The fourth-order valence-electron chi connectivity index (χ4n) is 3.35. The molecule has 28 heavy (non-hydrogen) atoms. The zero-order valence-electron chi connectivity index (χ0n) is 16.2. The number of hydrogen-bond donors (Lipinski definition) is 1. The molecule has 5 nitrogen and oxygen atoms in total. The van der Waals surface area contributed by atoms with Crippen molar-refractivity contribution in [2.24, 2.45) is 0 Å². The lowest BCUT2D eigenvalue weighted by Crippen LogP contribution is -2.36. The first-order chi connectivity index (χ1) is 13.6. The summed E-state index contributed by atoms with van der Waals surface area (Å²) < 4.78 is 7.25. The number of rotatable bonds is 5. The molecule has 0 atom stereocenters. The summed E-state index contributed by atoms with van der Waals surface area (Å²) in [6.45, 7) is 7.43. The molecule has 0 unspecified atom stereocenters. The number of aromatic nitrogens is 1. The van der Waals surface area contributed by atoms with Gasteiger partial charge in [0.05, 0.1) is 18.1 Å². The molecule has 1 aromatic heterocycles. The first kappa shape index (κ1) is 18.8. The van der Waals surface area contributed by atoms with Gasteiger partial charge in [-0.25, -0.2) is 0 Å². The maximum Gasteiger partial charge on any atom is 0.285 e. The smallest absolute Gasteiger partial charge is 0.285 e. The minimum Gasteiger partial charge on any atom is -0.378 e. The number of ether oxygens (including phenoxy) is 1. The SMILES string of the molecule is CC(C)n1sc(-c2ccccc2)c(Nc2ccc(N3CCOCC3)cc2)c1=O. The molecule has 1 aliphatic rings. The number of morpholine rings is 1. The molecule has 3 aromatic rings. The van der Waals surface area contributed by atoms with E-state index < -0.39 is 0 Å². The van der Waals surface area contributed by atoms with E-state index in [9.17, 15) is 4.79 Å². The third-order valence-corrected chi connectivity index (χ3v) is 6.26. The van der Waals surface area contributed by atoms with Crippen LogP contribution in [0, 0.1) is 0 Å². The van der Waals surface area contributed by atoms with E-state index in [1.54, 1.807) is 0 Å². The van der Waals surface area contributed by atoms with Gasteiger partial charge in [-0.3, -0.25) is 8.75 Å². The molecule has 0 spiro atoms. The van der Waals surface area contributed by atoms with Gasteiger partial charge in [0.15, 0.2) is 0 Å². The fraction of sp³-hybridized carbons (Fsp3) is 0.318. The van der Waals surface area contributed by atoms with Gasteiger partial charge in [-0.15, -0.1) is 0 Å². The van der Waals surface area contributed by atoms with E-state index >= 15 is 0 Å². The van der Waals surface area contributed by atoms with E-state index in [4.69, 9.17) is 4.74 Å². The molecule has 1 saturated heterocycles. The van der Waals surface area contributed by atoms with E-state index in [0.717, 1.165) is 42.4 Å². The topological polar surface area (TPSA) is 46.5 Å². The van der Waals surface area contributed by atoms with Crippen molar-refractivity contribution in [1.29, 1.82) is 0 Å². The first-order valence-electron chi connectivity index (χ1n) is 9.64. The zero-order valence-corrected chi connectivity index (χ0v) is 17.0. The molecule has 6 heteroatoms. The molecule has 0 bridgehead atoms. The monoisotopic (exact) mass is 395 g/mol. The molecule has 1 N–H and O–H groups in total. The normalized spacial score (nSPS) is 14.5. The highest BCUT2D eigenvalue weighted by Crippen LogP contribution is 2.34. The molecule has 0 aliphatic carbocycles. The van der Waals surface area contributed by atoms with Crippen LogP contribution in [0.4, 0.5) is 17.1 Å². The zero-order chi connectivity index (χ0) is 19.5. The van der Waals surface area contributed by atoms with Crippen LogP contribution in [-0.2, 0) is 4.74 Å². The summed E-state index contributed by atoms with van der Waals surface area (Å²) >= 11 is 1.51. The van der Waals surface area contributed by atoms with Crippen molar-refractivity contribution >= 4 is 28.6 Å². The summed E-state index contributed by atoms with van der Waals surface area (Å²) in [5.74, 6) is 0. The van der Waals surface area contributed by atoms with Crippen LogP contribution in [0.5, 0.6) is 0 Å². The Labute approximate surface area is 169 Å². The molecule has 2 aromatic carbocycles. The standard InChI is InChI=1S/C22H25N3O2S/c1-16(2)25-22(26)20(21(28-25)17-6-4-3-5-7-17)23-18-8-10-19(11-9-18)24-12-14-27-15-13-24/h3-11,16,23H,12-15H2,1-2H3. The second-order valence-corrected chi connectivity index (χ2v) is 8.14. The summed E-state index contributed by atoms with van der Waals surface area (Å²) in [6.07, 6.45) is 0. The highest BCUT2D eigenvalue weighted by Gasteiger charge is 2.18. The third-order valence-electron chi connectivity index (χ3n) is 4.85. The minimum atomic E-state index is 0.0242. The summed E-state index contributed by atoms with van der Waals surface area (Å²) in [7, 11) is 0. The fourth-order valence-corrected chi connectivity index (χ4v) is 4.40. The number of anilines is 3. The van der Waals surface area contributed by atoms with Gasteiger partial charge in [-0.2, -0.15) is 0 Å². The summed E-state index contributed by atoms with van der Waals surface area (Å²) in [5, 5.41) is 3.38. The quantitative estimate of drug-likeness (QED) is 0.678. The Morgan fingerprint density at radius 3 is 2.32 bits per heavy atom. The Bertz CT molecular complexity index is 971. The van der Waals surface area contributed by atoms with Gasteiger partial charge in [0.1, 0.15) is 5.69 Å². The highest BCUT2D eigenvalue weighted by molar-refractivity contribution is 7.11. The summed E-state index contributed by atoms with van der Waals surface area (Å²) in [6, 6.07) is 18.5. The van der Waals surface area contributed by atoms with E-state index in [0.29, 0.717) is 5.69 Å². The van der Waals surface area contributed by atoms with Gasteiger partial charge in [0, 0.05) is 30.5 Å². The molecular weight excluding hydrogens is 370 g/mol. The van der Waals surface area contributed by atoms with Crippen LogP contribution in [0.15, 0.2) is 59.4 Å². The molecule has 0 saturated carbocycles. The van der Waals surface area contributed by atoms with Crippen molar-refractivity contribution in [2.45, 2.75) is 19.9 Å². The van der Waals surface area contributed by atoms with Crippen molar-refractivity contribution in [3.05, 3.63) is 65.0 Å². The van der Waals surface area contributed by atoms with Crippen molar-refractivity contribution < 1.29 is 4.74 Å². The number of nitrogens with zero attached hydrogens (tertiary/aromatic N) is 2. The molecule has 0 amide bonds. The number of nitrogens with one attached hydrogen (secondary N) is 1. The van der Waals surface area contributed by atoms with Gasteiger partial charge in [0.25, 0.3) is 5.56 Å². The maximum absolute atomic E-state index is 13.0. The molecular formula is C22H25N3O2S. The van der Waals surface area contributed by atoms with Crippen LogP contribution in [-0.4, -0.2) is 30.3 Å². The Hall–Kier alpha value is -2.57. The van der Waals surface area contributed by atoms with Crippen LogP contribution in [0.3, 0.4) is 0 Å². The predicted molar refractivity (Wildman–Crippen MR) is 117 cm³/mol. The largest absolute Gasteiger partial charge is 0.378 e. The Kier molecular flexibility index (Phi) is 5.50. The Balaban J connectivity index is 1.64. The van der Waals surface area contributed by atoms with Crippen molar-refractivity contribution in [1.82, 2.24) is 3.96 Å². The van der Waals surface area contributed by atoms with Crippen molar-refractivity contribution in [3.63, 3.8) is 0 Å². The second-order valence-electron chi connectivity index (χ2n) is 7.16. The molecule has 146 valence electrons. The first-order valence-corrected chi connectivity index (χ1v) is 10.4. The van der Waals surface area contributed by atoms with Gasteiger partial charge >= 0.3 is 0 Å². The van der Waals surface area contributed by atoms with Crippen molar-refractivity contribution in [3.8, 4) is 10.4 Å². The van der Waals surface area contributed by atoms with Gasteiger partial charge in [-0.05, 0) is 43.7 Å². The van der Waals surface area contributed by atoms with Crippen LogP contribution in [0.2, 0.25) is 0 Å². The van der Waals surface area contributed by atoms with Gasteiger partial charge in [0.2, 0.25) is 0 Å². The van der Waals surface area contributed by atoms with Crippen LogP contribution < -0.4 is 15.8 Å². The summed E-state index contributed by atoms with van der Waals surface area (Å²) in [5.41, 5.74) is 3.82. The average Bonchev–Trinajstić information content (AvgIpc) is 3.06. The van der Waals surface area contributed by atoms with E-state index in [2.05, 4.69) is 22.3 Å². The van der Waals surface area contributed by atoms with Crippen LogP contribution in [0.1, 0.15) is 19.9 Å². The lowest BCUT2D eigenvalue weighted by molar-refractivity contribution is 0.122. The average molecular weight is 396 g/mol. The molecule has 1 aliphatic heterocycles. The third kappa shape index (κ3) is 3.84. The second kappa shape index (κ2) is 8.20. The van der Waals surface area contributed by atoms with Crippen LogP contribution >= 0.6 is 11.5 Å². The van der Waals surface area contributed by atoms with Crippen LogP contribution in [0.25, 0.3) is 10.4 Å². The maximum atomic E-state index is 13.0. The lowest BCUT2D eigenvalue weighted by atomic mass is 10.1. The minimum absolute atomic E-state index is 0.0242. The lowest BCUT2D eigenvalue weighted by Gasteiger charge is -2.28. The van der Waals surface area contributed by atoms with Gasteiger partial charge < -0.3 is 15.0 Å². The van der Waals surface area contributed by atoms with E-state index in [1.165, 1.54) is 17.2 Å². The Morgan fingerprint density at radius 1 is 1.00 bits per heavy atom. The van der Waals surface area contributed by atoms with E-state index in [-0.39, 0.29) is 11.6 Å². The van der Waals surface area contributed by atoms with E-state index in [1.807, 2.05) is 60.3 Å². The molecule has 1 fully saturated rings. The molecule has 4 rings (SSSR count). The predicted octanol–water partition coefficient (Wildman–Crippen LogP) is 4.74. The summed E-state index contributed by atoms with van der Waals surface area (Å²) in [4.78, 5) is 16.3. The number of hydrogen-bond acceptors (Lipinski definition) is 5.